The summed E-state index contributed by atoms with van der Waals surface area (Å²) in [5.74, 6) is 0.627. The van der Waals surface area contributed by atoms with Gasteiger partial charge in [0.25, 0.3) is 10.0 Å². The van der Waals surface area contributed by atoms with E-state index in [-0.39, 0.29) is 31.4 Å². The zero-order valence-electron chi connectivity index (χ0n) is 15.4. The first-order valence-corrected chi connectivity index (χ1v) is 12.1. The van der Waals surface area contributed by atoms with E-state index >= 15 is 0 Å². The number of halogens is 4. The van der Waals surface area contributed by atoms with Crippen LogP contribution in [0, 0.1) is 0 Å². The lowest BCUT2D eigenvalue weighted by molar-refractivity contribution is 0.482. The lowest BCUT2D eigenvalue weighted by Crippen LogP contribution is -2.13. The lowest BCUT2D eigenvalue weighted by Gasteiger charge is -2.14. The number of hydrogen-bond acceptors (Lipinski definition) is 4. The molecule has 4 rings (SSSR count). The minimum Gasteiger partial charge on any atom is -0.453 e. The highest BCUT2D eigenvalue weighted by atomic mass is 79.9. The summed E-state index contributed by atoms with van der Waals surface area (Å²) < 4.78 is 34.3. The number of nitrogens with zero attached hydrogens (tertiary/aromatic N) is 1. The van der Waals surface area contributed by atoms with E-state index in [1.165, 1.54) is 24.3 Å². The Morgan fingerprint density at radius 1 is 0.903 bits per heavy atom. The van der Waals surface area contributed by atoms with Crippen molar-refractivity contribution in [1.29, 1.82) is 0 Å². The Morgan fingerprint density at radius 3 is 2.32 bits per heavy atom. The van der Waals surface area contributed by atoms with Gasteiger partial charge in [0.15, 0.2) is 5.75 Å². The topological polar surface area (TPSA) is 68.3 Å². The molecule has 0 aliphatic rings. The van der Waals surface area contributed by atoms with Crippen molar-refractivity contribution in [3.63, 3.8) is 0 Å². The maximum atomic E-state index is 12.7. The molecule has 4 aromatic rings. The number of para-hydroxylation sites is 1. The first-order valence-electron chi connectivity index (χ1n) is 8.72. The first-order chi connectivity index (χ1) is 14.7. The summed E-state index contributed by atoms with van der Waals surface area (Å²) in [4.78, 5) is 4.26. The van der Waals surface area contributed by atoms with E-state index < -0.39 is 10.0 Å². The van der Waals surface area contributed by atoms with Gasteiger partial charge in [0, 0.05) is 9.86 Å². The van der Waals surface area contributed by atoms with Crippen molar-refractivity contribution in [2.45, 2.75) is 4.90 Å². The number of benzene rings is 3. The summed E-state index contributed by atoms with van der Waals surface area (Å²) in [6.45, 7) is 0. The average Bonchev–Trinajstić information content (AvgIpc) is 2.70. The summed E-state index contributed by atoms with van der Waals surface area (Å²) in [5, 5.41) is 1.21. The summed E-state index contributed by atoms with van der Waals surface area (Å²) in [6, 6.07) is 16.7. The van der Waals surface area contributed by atoms with Crippen LogP contribution in [0.15, 0.2) is 76.2 Å². The molecule has 0 atom stereocenters. The molecule has 0 fully saturated rings. The van der Waals surface area contributed by atoms with Crippen LogP contribution < -0.4 is 9.46 Å². The highest BCUT2D eigenvalue weighted by molar-refractivity contribution is 9.10. The molecule has 1 aromatic heterocycles. The third-order valence-electron chi connectivity index (χ3n) is 4.22. The molecule has 0 radical (unpaired) electrons. The van der Waals surface area contributed by atoms with Gasteiger partial charge >= 0.3 is 0 Å². The van der Waals surface area contributed by atoms with Gasteiger partial charge < -0.3 is 4.74 Å². The normalized spacial score (nSPS) is 11.5. The first kappa shape index (κ1) is 22.2. The molecule has 1 heterocycles. The Kier molecular flexibility index (Phi) is 6.32. The van der Waals surface area contributed by atoms with Crippen molar-refractivity contribution in [2.24, 2.45) is 0 Å². The number of fused-ring (bicyclic) bond motifs is 1. The molecule has 5 nitrogen and oxygen atoms in total. The third-order valence-corrected chi connectivity index (χ3v) is 7.14. The zero-order chi connectivity index (χ0) is 22.2. The summed E-state index contributed by atoms with van der Waals surface area (Å²) >= 11 is 22.0. The van der Waals surface area contributed by atoms with Crippen molar-refractivity contribution in [3.05, 3.63) is 86.4 Å². The van der Waals surface area contributed by atoms with Crippen LogP contribution in [-0.2, 0) is 10.0 Å². The van der Waals surface area contributed by atoms with Gasteiger partial charge in [-0.3, -0.25) is 9.71 Å². The van der Waals surface area contributed by atoms with Crippen molar-refractivity contribution < 1.29 is 13.2 Å². The number of aromatic nitrogens is 1. The maximum Gasteiger partial charge on any atom is 0.263 e. The van der Waals surface area contributed by atoms with E-state index in [1.54, 1.807) is 18.3 Å². The highest BCUT2D eigenvalue weighted by Gasteiger charge is 2.20. The molecule has 0 bridgehead atoms. The molecule has 0 aliphatic carbocycles. The Bertz CT molecular complexity index is 1390. The van der Waals surface area contributed by atoms with Crippen LogP contribution in [0.25, 0.3) is 10.9 Å². The quantitative estimate of drug-likeness (QED) is 0.275. The second-order valence-corrected chi connectivity index (χ2v) is 10.2. The van der Waals surface area contributed by atoms with Crippen LogP contribution in [0.2, 0.25) is 15.1 Å². The molecule has 31 heavy (non-hydrogen) atoms. The van der Waals surface area contributed by atoms with E-state index in [4.69, 9.17) is 39.5 Å². The summed E-state index contributed by atoms with van der Waals surface area (Å²) in [7, 11) is -3.96. The number of nitrogens with one attached hydrogen (secondary N) is 1. The summed E-state index contributed by atoms with van der Waals surface area (Å²) in [6.07, 6.45) is 1.56. The predicted octanol–water partition coefficient (Wildman–Crippen LogP) is 7.55. The van der Waals surface area contributed by atoms with Crippen molar-refractivity contribution >= 4 is 77.3 Å². The second-order valence-electron chi connectivity index (χ2n) is 6.42. The maximum absolute atomic E-state index is 12.7. The van der Waals surface area contributed by atoms with Crippen molar-refractivity contribution in [2.75, 3.05) is 4.72 Å². The lowest BCUT2D eigenvalue weighted by atomic mass is 10.2. The van der Waals surface area contributed by atoms with Gasteiger partial charge in [-0.1, -0.05) is 68.9 Å². The van der Waals surface area contributed by atoms with E-state index in [9.17, 15) is 8.42 Å². The Morgan fingerprint density at radius 2 is 1.61 bits per heavy atom. The van der Waals surface area contributed by atoms with Gasteiger partial charge in [0.1, 0.15) is 10.6 Å². The molecular formula is C21H12BrCl3N2O3S. The third kappa shape index (κ3) is 4.91. The molecular weight excluding hydrogens is 547 g/mol. The Balaban J connectivity index is 1.62. The Hall–Kier alpha value is -2.03. The fourth-order valence-corrected chi connectivity index (χ4v) is 5.49. The number of sulfonamides is 1. The van der Waals surface area contributed by atoms with Gasteiger partial charge in [-0.25, -0.2) is 8.42 Å². The fourth-order valence-electron chi connectivity index (χ4n) is 2.84. The number of pyridine rings is 1. The van der Waals surface area contributed by atoms with Gasteiger partial charge in [0.2, 0.25) is 0 Å². The van der Waals surface area contributed by atoms with Crippen molar-refractivity contribution in [3.8, 4) is 11.5 Å². The highest BCUT2D eigenvalue weighted by Crippen LogP contribution is 2.40. The average molecular weight is 559 g/mol. The molecule has 0 aliphatic heterocycles. The molecule has 0 spiro atoms. The summed E-state index contributed by atoms with van der Waals surface area (Å²) in [5.41, 5.74) is 0.987. The van der Waals surface area contributed by atoms with Crippen LogP contribution in [0.1, 0.15) is 0 Å². The molecule has 0 saturated carbocycles. The molecule has 3 aromatic carbocycles. The van der Waals surface area contributed by atoms with E-state index in [1.807, 2.05) is 24.3 Å². The fraction of sp³-hybridized carbons (Fsp3) is 0. The predicted molar refractivity (Wildman–Crippen MR) is 128 cm³/mol. The molecule has 0 saturated heterocycles. The standard InChI is InChI=1S/C21H12BrCl3N2O3S/c22-13-5-6-20(16(23)8-13)31(28,29)27-14-9-17(24)21(18(25)10-14)30-15-7-12-3-1-2-4-19(12)26-11-15/h1-11,27H. The van der Waals surface area contributed by atoms with E-state index in [0.29, 0.717) is 10.2 Å². The largest absolute Gasteiger partial charge is 0.453 e. The molecule has 10 heteroatoms. The smallest absolute Gasteiger partial charge is 0.263 e. The number of hydrogen-bond donors (Lipinski definition) is 1. The number of ether oxygens (including phenoxy) is 1. The Labute approximate surface area is 202 Å². The molecule has 0 amide bonds. The molecule has 158 valence electrons. The van der Waals surface area contributed by atoms with Gasteiger partial charge in [-0.15, -0.1) is 0 Å². The number of anilines is 1. The minimum absolute atomic E-state index is 0.0721. The van der Waals surface area contributed by atoms with Crippen LogP contribution in [0.5, 0.6) is 11.5 Å². The van der Waals surface area contributed by atoms with Crippen LogP contribution in [-0.4, -0.2) is 13.4 Å². The van der Waals surface area contributed by atoms with E-state index in [2.05, 4.69) is 25.6 Å². The number of rotatable bonds is 5. The second kappa shape index (κ2) is 8.84. The molecule has 0 unspecified atom stereocenters. The van der Waals surface area contributed by atoms with Crippen LogP contribution in [0.4, 0.5) is 5.69 Å². The zero-order valence-corrected chi connectivity index (χ0v) is 20.1. The van der Waals surface area contributed by atoms with E-state index in [0.717, 1.165) is 10.9 Å². The van der Waals surface area contributed by atoms with Crippen molar-refractivity contribution in [1.82, 2.24) is 4.98 Å². The molecule has 1 N–H and O–H groups in total. The minimum atomic E-state index is -3.96. The SMILES string of the molecule is O=S(=O)(Nc1cc(Cl)c(Oc2cnc3ccccc3c2)c(Cl)c1)c1ccc(Br)cc1Cl. The van der Waals surface area contributed by atoms with Gasteiger partial charge in [0.05, 0.1) is 32.5 Å². The van der Waals surface area contributed by atoms with Crippen LogP contribution >= 0.6 is 50.7 Å². The monoisotopic (exact) mass is 556 g/mol. The van der Waals surface area contributed by atoms with Crippen LogP contribution in [0.3, 0.4) is 0 Å². The van der Waals surface area contributed by atoms with Gasteiger partial charge in [-0.2, -0.15) is 0 Å². The van der Waals surface area contributed by atoms with Gasteiger partial charge in [-0.05, 0) is 42.5 Å².